The summed E-state index contributed by atoms with van der Waals surface area (Å²) in [6.45, 7) is 3.28. The highest BCUT2D eigenvalue weighted by Crippen LogP contribution is 2.03. The van der Waals surface area contributed by atoms with Crippen molar-refractivity contribution >= 4 is 11.3 Å². The minimum Gasteiger partial charge on any atom is -0.445 e. The lowest BCUT2D eigenvalue weighted by molar-refractivity contribution is 0.448. The fraction of sp³-hybridized carbons (Fsp3) is 0.333. The Balaban J connectivity index is 1.78. The fourth-order valence-corrected chi connectivity index (χ4v) is 1.66. The van der Waals surface area contributed by atoms with Crippen molar-refractivity contribution in [1.82, 2.24) is 15.3 Å². The molecule has 0 aliphatic rings. The topological polar surface area (TPSA) is 51.0 Å². The third kappa shape index (κ3) is 2.40. The molecule has 0 aliphatic heterocycles. The zero-order valence-electron chi connectivity index (χ0n) is 7.86. The summed E-state index contributed by atoms with van der Waals surface area (Å²) in [5.41, 5.74) is 2.88. The second kappa shape index (κ2) is 4.34. The third-order valence-electron chi connectivity index (χ3n) is 1.73. The summed E-state index contributed by atoms with van der Waals surface area (Å²) in [6, 6.07) is 0. The van der Waals surface area contributed by atoms with Gasteiger partial charge in [0.25, 0.3) is 0 Å². The van der Waals surface area contributed by atoms with Crippen LogP contribution in [0, 0.1) is 6.92 Å². The summed E-state index contributed by atoms with van der Waals surface area (Å²) >= 11 is 1.60. The first-order valence-corrected chi connectivity index (χ1v) is 5.28. The van der Waals surface area contributed by atoms with Crippen molar-refractivity contribution in [3.05, 3.63) is 34.4 Å². The summed E-state index contributed by atoms with van der Waals surface area (Å²) in [4.78, 5) is 8.25. The SMILES string of the molecule is Cc1cnc(CNCc2cscn2)o1. The van der Waals surface area contributed by atoms with Crippen LogP contribution in [0.25, 0.3) is 0 Å². The van der Waals surface area contributed by atoms with Crippen LogP contribution in [0.1, 0.15) is 17.3 Å². The number of hydrogen-bond acceptors (Lipinski definition) is 5. The van der Waals surface area contributed by atoms with Gasteiger partial charge in [-0.1, -0.05) is 0 Å². The molecule has 0 radical (unpaired) electrons. The van der Waals surface area contributed by atoms with Crippen molar-refractivity contribution < 1.29 is 4.42 Å². The number of nitrogens with one attached hydrogen (secondary N) is 1. The average molecular weight is 209 g/mol. The van der Waals surface area contributed by atoms with Crippen molar-refractivity contribution in [2.45, 2.75) is 20.0 Å². The van der Waals surface area contributed by atoms with Crippen LogP contribution >= 0.6 is 11.3 Å². The summed E-state index contributed by atoms with van der Waals surface area (Å²) in [5.74, 6) is 1.56. The number of thiazole rings is 1. The van der Waals surface area contributed by atoms with E-state index in [1.807, 2.05) is 17.8 Å². The normalized spacial score (nSPS) is 10.6. The van der Waals surface area contributed by atoms with Crippen molar-refractivity contribution in [3.8, 4) is 0 Å². The Hall–Kier alpha value is -1.20. The smallest absolute Gasteiger partial charge is 0.208 e. The van der Waals surface area contributed by atoms with Gasteiger partial charge in [0.05, 0.1) is 23.9 Å². The van der Waals surface area contributed by atoms with E-state index >= 15 is 0 Å². The number of hydrogen-bond donors (Lipinski definition) is 1. The maximum atomic E-state index is 5.31. The Bertz CT molecular complexity index is 382. The van der Waals surface area contributed by atoms with Gasteiger partial charge in [0.2, 0.25) is 5.89 Å². The summed E-state index contributed by atoms with van der Waals surface area (Å²) < 4.78 is 5.31. The van der Waals surface area contributed by atoms with Gasteiger partial charge in [-0.25, -0.2) is 9.97 Å². The van der Waals surface area contributed by atoms with E-state index in [0.29, 0.717) is 6.54 Å². The summed E-state index contributed by atoms with van der Waals surface area (Å²) in [6.07, 6.45) is 1.72. The van der Waals surface area contributed by atoms with Gasteiger partial charge >= 0.3 is 0 Å². The van der Waals surface area contributed by atoms with Gasteiger partial charge in [-0.3, -0.25) is 0 Å². The molecule has 0 saturated heterocycles. The minimum atomic E-state index is 0.644. The maximum absolute atomic E-state index is 5.31. The van der Waals surface area contributed by atoms with Gasteiger partial charge in [0.1, 0.15) is 5.76 Å². The van der Waals surface area contributed by atoms with Gasteiger partial charge in [0.15, 0.2) is 0 Å². The van der Waals surface area contributed by atoms with Gasteiger partial charge in [-0.05, 0) is 6.92 Å². The molecule has 0 unspecified atom stereocenters. The van der Waals surface area contributed by atoms with Crippen LogP contribution in [0.2, 0.25) is 0 Å². The standard InChI is InChI=1S/C9H11N3OS/c1-7-2-11-9(13-7)4-10-3-8-5-14-6-12-8/h2,5-6,10H,3-4H2,1H3. The molecule has 2 aromatic heterocycles. The molecule has 5 heteroatoms. The Morgan fingerprint density at radius 2 is 2.36 bits per heavy atom. The minimum absolute atomic E-state index is 0.644. The van der Waals surface area contributed by atoms with Crippen LogP contribution in [0.15, 0.2) is 21.5 Å². The highest BCUT2D eigenvalue weighted by molar-refractivity contribution is 7.07. The van der Waals surface area contributed by atoms with Crippen molar-refractivity contribution in [1.29, 1.82) is 0 Å². The van der Waals surface area contributed by atoms with Crippen LogP contribution in [0.3, 0.4) is 0 Å². The fourth-order valence-electron chi connectivity index (χ4n) is 1.11. The average Bonchev–Trinajstić information content (AvgIpc) is 2.77. The maximum Gasteiger partial charge on any atom is 0.208 e. The monoisotopic (exact) mass is 209 g/mol. The van der Waals surface area contributed by atoms with Crippen molar-refractivity contribution in [2.24, 2.45) is 0 Å². The zero-order chi connectivity index (χ0) is 9.80. The molecule has 2 heterocycles. The van der Waals surface area contributed by atoms with E-state index in [1.54, 1.807) is 17.5 Å². The third-order valence-corrected chi connectivity index (χ3v) is 2.37. The lowest BCUT2D eigenvalue weighted by Gasteiger charge is -1.97. The molecular formula is C9H11N3OS. The molecule has 2 rings (SSSR count). The van der Waals surface area contributed by atoms with Gasteiger partial charge in [-0.2, -0.15) is 0 Å². The molecule has 4 nitrogen and oxygen atoms in total. The van der Waals surface area contributed by atoms with Crippen molar-refractivity contribution in [3.63, 3.8) is 0 Å². The Morgan fingerprint density at radius 3 is 3.00 bits per heavy atom. The number of nitrogens with zero attached hydrogens (tertiary/aromatic N) is 2. The van der Waals surface area contributed by atoms with E-state index < -0.39 is 0 Å². The van der Waals surface area contributed by atoms with E-state index in [0.717, 1.165) is 23.9 Å². The highest BCUT2D eigenvalue weighted by atomic mass is 32.1. The molecule has 0 bridgehead atoms. The quantitative estimate of drug-likeness (QED) is 0.833. The lowest BCUT2D eigenvalue weighted by atomic mass is 10.5. The lowest BCUT2D eigenvalue weighted by Crippen LogP contribution is -2.12. The second-order valence-electron chi connectivity index (χ2n) is 2.95. The number of rotatable bonds is 4. The van der Waals surface area contributed by atoms with E-state index in [1.165, 1.54) is 0 Å². The van der Waals surface area contributed by atoms with E-state index in [9.17, 15) is 0 Å². The predicted octanol–water partition coefficient (Wildman–Crippen LogP) is 1.73. The molecule has 74 valence electrons. The van der Waals surface area contributed by atoms with E-state index in [-0.39, 0.29) is 0 Å². The molecule has 0 saturated carbocycles. The van der Waals surface area contributed by atoms with Gasteiger partial charge < -0.3 is 9.73 Å². The molecule has 2 aromatic rings. The van der Waals surface area contributed by atoms with Crippen LogP contribution in [0.5, 0.6) is 0 Å². The number of oxazole rings is 1. The molecule has 1 N–H and O–H groups in total. The highest BCUT2D eigenvalue weighted by Gasteiger charge is 2.00. The van der Waals surface area contributed by atoms with Crippen LogP contribution in [-0.4, -0.2) is 9.97 Å². The van der Waals surface area contributed by atoms with E-state index in [4.69, 9.17) is 4.42 Å². The van der Waals surface area contributed by atoms with Gasteiger partial charge in [0, 0.05) is 11.9 Å². The zero-order valence-corrected chi connectivity index (χ0v) is 8.67. The Labute approximate surface area is 86.0 Å². The molecule has 0 spiro atoms. The molecule has 0 atom stereocenters. The molecule has 0 fully saturated rings. The first-order valence-electron chi connectivity index (χ1n) is 4.33. The van der Waals surface area contributed by atoms with Crippen molar-refractivity contribution in [2.75, 3.05) is 0 Å². The predicted molar refractivity (Wildman–Crippen MR) is 53.9 cm³/mol. The molecule has 0 amide bonds. The largest absolute Gasteiger partial charge is 0.445 e. The van der Waals surface area contributed by atoms with Crippen LogP contribution < -0.4 is 5.32 Å². The summed E-state index contributed by atoms with van der Waals surface area (Å²) in [7, 11) is 0. The Kier molecular flexibility index (Phi) is 2.90. The second-order valence-corrected chi connectivity index (χ2v) is 3.67. The van der Waals surface area contributed by atoms with E-state index in [2.05, 4.69) is 15.3 Å². The number of aryl methyl sites for hydroxylation is 1. The molecule has 14 heavy (non-hydrogen) atoms. The van der Waals surface area contributed by atoms with Crippen LogP contribution in [0.4, 0.5) is 0 Å². The number of aromatic nitrogens is 2. The first kappa shape index (κ1) is 9.36. The molecular weight excluding hydrogens is 198 g/mol. The van der Waals surface area contributed by atoms with Gasteiger partial charge in [-0.15, -0.1) is 11.3 Å². The Morgan fingerprint density at radius 1 is 1.43 bits per heavy atom. The molecule has 0 aliphatic carbocycles. The first-order chi connectivity index (χ1) is 6.84. The molecule has 0 aromatic carbocycles. The van der Waals surface area contributed by atoms with Crippen LogP contribution in [-0.2, 0) is 13.1 Å². The summed E-state index contributed by atoms with van der Waals surface area (Å²) in [5, 5.41) is 5.23.